The summed E-state index contributed by atoms with van der Waals surface area (Å²) in [7, 11) is 3.80. The molecule has 20 heavy (non-hydrogen) atoms. The van der Waals surface area contributed by atoms with Gasteiger partial charge in [-0.25, -0.2) is 9.97 Å². The highest BCUT2D eigenvalue weighted by atomic mass is 14.8. The SMILES string of the molecule is CNCc1ccc(N)nc1.CNCc1ccc(N)nc1. The van der Waals surface area contributed by atoms with Crippen LogP contribution in [0.4, 0.5) is 11.6 Å². The van der Waals surface area contributed by atoms with E-state index in [9.17, 15) is 0 Å². The summed E-state index contributed by atoms with van der Waals surface area (Å²) >= 11 is 0. The van der Waals surface area contributed by atoms with Crippen molar-refractivity contribution in [3.05, 3.63) is 47.8 Å². The fourth-order valence-electron chi connectivity index (χ4n) is 1.49. The van der Waals surface area contributed by atoms with Crippen molar-refractivity contribution in [3.8, 4) is 0 Å². The van der Waals surface area contributed by atoms with Crippen LogP contribution in [0.5, 0.6) is 0 Å². The van der Waals surface area contributed by atoms with Crippen LogP contribution in [-0.2, 0) is 13.1 Å². The molecule has 2 aromatic heterocycles. The summed E-state index contributed by atoms with van der Waals surface area (Å²) in [6.45, 7) is 1.68. The summed E-state index contributed by atoms with van der Waals surface area (Å²) < 4.78 is 0. The van der Waals surface area contributed by atoms with Gasteiger partial charge < -0.3 is 22.1 Å². The number of nitrogens with zero attached hydrogens (tertiary/aromatic N) is 2. The van der Waals surface area contributed by atoms with E-state index in [0.717, 1.165) is 24.2 Å². The molecule has 6 nitrogen and oxygen atoms in total. The highest BCUT2D eigenvalue weighted by Gasteiger charge is 1.89. The third-order valence-electron chi connectivity index (χ3n) is 2.46. The van der Waals surface area contributed by atoms with Gasteiger partial charge in [0.05, 0.1) is 0 Å². The van der Waals surface area contributed by atoms with E-state index < -0.39 is 0 Å². The largest absolute Gasteiger partial charge is 0.384 e. The van der Waals surface area contributed by atoms with Gasteiger partial charge in [-0.1, -0.05) is 12.1 Å². The van der Waals surface area contributed by atoms with Crippen molar-refractivity contribution in [2.75, 3.05) is 25.6 Å². The number of hydrogen-bond acceptors (Lipinski definition) is 6. The standard InChI is InChI=1S/2C7H11N3/c2*1-9-4-6-2-3-7(8)10-5-6/h2*2-3,5,9H,4H2,1H3,(H2,8,10). The lowest BCUT2D eigenvalue weighted by Gasteiger charge is -1.97. The molecule has 0 aromatic carbocycles. The van der Waals surface area contributed by atoms with Crippen LogP contribution in [0.25, 0.3) is 0 Å². The maximum atomic E-state index is 5.39. The lowest BCUT2D eigenvalue weighted by atomic mass is 10.3. The third-order valence-corrected chi connectivity index (χ3v) is 2.46. The molecule has 0 amide bonds. The Morgan fingerprint density at radius 2 is 1.20 bits per heavy atom. The zero-order valence-electron chi connectivity index (χ0n) is 11.9. The molecule has 2 heterocycles. The van der Waals surface area contributed by atoms with E-state index in [1.54, 1.807) is 24.5 Å². The van der Waals surface area contributed by atoms with Gasteiger partial charge in [-0.15, -0.1) is 0 Å². The van der Waals surface area contributed by atoms with Gasteiger partial charge in [0.25, 0.3) is 0 Å². The molecular formula is C14H22N6. The van der Waals surface area contributed by atoms with Gasteiger partial charge in [0.15, 0.2) is 0 Å². The van der Waals surface area contributed by atoms with E-state index in [-0.39, 0.29) is 0 Å². The predicted molar refractivity (Wildman–Crippen MR) is 82.8 cm³/mol. The number of nitrogens with one attached hydrogen (secondary N) is 2. The average Bonchev–Trinajstić information content (AvgIpc) is 2.45. The maximum Gasteiger partial charge on any atom is 0.123 e. The van der Waals surface area contributed by atoms with Crippen LogP contribution < -0.4 is 22.1 Å². The number of anilines is 2. The van der Waals surface area contributed by atoms with Crippen LogP contribution in [0.1, 0.15) is 11.1 Å². The minimum atomic E-state index is 0.569. The van der Waals surface area contributed by atoms with E-state index in [0.29, 0.717) is 11.6 Å². The number of nitrogen functional groups attached to an aromatic ring is 2. The van der Waals surface area contributed by atoms with Crippen molar-refractivity contribution in [1.29, 1.82) is 0 Å². The van der Waals surface area contributed by atoms with Crippen molar-refractivity contribution < 1.29 is 0 Å². The number of aromatic nitrogens is 2. The Bertz CT molecular complexity index is 433. The maximum absolute atomic E-state index is 5.39. The summed E-state index contributed by atoms with van der Waals surface area (Å²) in [6, 6.07) is 7.51. The Kier molecular flexibility index (Phi) is 7.02. The average molecular weight is 274 g/mol. The van der Waals surface area contributed by atoms with Crippen molar-refractivity contribution >= 4 is 11.6 Å². The van der Waals surface area contributed by atoms with Crippen molar-refractivity contribution in [2.45, 2.75) is 13.1 Å². The Balaban J connectivity index is 0.000000200. The molecule has 2 aromatic rings. The molecule has 0 aliphatic rings. The molecule has 0 saturated heterocycles. The Hall–Kier alpha value is -2.18. The van der Waals surface area contributed by atoms with Gasteiger partial charge in [-0.3, -0.25) is 0 Å². The second kappa shape index (κ2) is 8.84. The Morgan fingerprint density at radius 1 is 0.800 bits per heavy atom. The minimum absolute atomic E-state index is 0.569. The van der Waals surface area contributed by atoms with Gasteiger partial charge in [-0.2, -0.15) is 0 Å². The van der Waals surface area contributed by atoms with Crippen molar-refractivity contribution in [2.24, 2.45) is 0 Å². The number of nitrogens with two attached hydrogens (primary N) is 2. The number of rotatable bonds is 4. The van der Waals surface area contributed by atoms with E-state index in [2.05, 4.69) is 20.6 Å². The fraction of sp³-hybridized carbons (Fsp3) is 0.286. The van der Waals surface area contributed by atoms with E-state index in [1.807, 2.05) is 26.2 Å². The monoisotopic (exact) mass is 274 g/mol. The summed E-state index contributed by atoms with van der Waals surface area (Å²) in [5, 5.41) is 6.05. The highest BCUT2D eigenvalue weighted by Crippen LogP contribution is 2.00. The molecule has 0 atom stereocenters. The minimum Gasteiger partial charge on any atom is -0.384 e. The summed E-state index contributed by atoms with van der Waals surface area (Å²) in [4.78, 5) is 7.87. The molecule has 0 spiro atoms. The Labute approximate surface area is 119 Å². The lowest BCUT2D eigenvalue weighted by Crippen LogP contribution is -2.05. The second-order valence-electron chi connectivity index (χ2n) is 4.24. The van der Waals surface area contributed by atoms with Crippen LogP contribution >= 0.6 is 0 Å². The summed E-state index contributed by atoms with van der Waals surface area (Å²) in [5.74, 6) is 1.14. The molecule has 108 valence electrons. The normalized spacial score (nSPS) is 9.70. The van der Waals surface area contributed by atoms with Crippen molar-refractivity contribution in [1.82, 2.24) is 20.6 Å². The van der Waals surface area contributed by atoms with Gasteiger partial charge in [0.1, 0.15) is 11.6 Å². The quantitative estimate of drug-likeness (QED) is 0.657. The van der Waals surface area contributed by atoms with E-state index in [1.165, 1.54) is 0 Å². The first-order valence-corrected chi connectivity index (χ1v) is 6.35. The first-order chi connectivity index (χ1) is 9.65. The lowest BCUT2D eigenvalue weighted by molar-refractivity contribution is 0.814. The van der Waals surface area contributed by atoms with Crippen LogP contribution in [0.15, 0.2) is 36.7 Å². The topological polar surface area (TPSA) is 102 Å². The van der Waals surface area contributed by atoms with E-state index in [4.69, 9.17) is 11.5 Å². The molecule has 6 N–H and O–H groups in total. The first-order valence-electron chi connectivity index (χ1n) is 6.35. The predicted octanol–water partition coefficient (Wildman–Crippen LogP) is 0.766. The zero-order valence-corrected chi connectivity index (χ0v) is 11.9. The van der Waals surface area contributed by atoms with Gasteiger partial charge in [-0.05, 0) is 37.4 Å². The van der Waals surface area contributed by atoms with Crippen LogP contribution in [0, 0.1) is 0 Å². The number of pyridine rings is 2. The van der Waals surface area contributed by atoms with Crippen LogP contribution in [-0.4, -0.2) is 24.1 Å². The highest BCUT2D eigenvalue weighted by molar-refractivity contribution is 5.29. The summed E-state index contributed by atoms with van der Waals surface area (Å²) in [6.07, 6.45) is 3.54. The fourth-order valence-corrected chi connectivity index (χ4v) is 1.49. The smallest absolute Gasteiger partial charge is 0.123 e. The molecule has 2 rings (SSSR count). The van der Waals surface area contributed by atoms with Crippen LogP contribution in [0.3, 0.4) is 0 Å². The molecule has 0 saturated carbocycles. The molecular weight excluding hydrogens is 252 g/mol. The van der Waals surface area contributed by atoms with Gasteiger partial charge >= 0.3 is 0 Å². The molecule has 0 aliphatic carbocycles. The molecule has 0 radical (unpaired) electrons. The first kappa shape index (κ1) is 15.9. The van der Waals surface area contributed by atoms with Gasteiger partial charge in [0.2, 0.25) is 0 Å². The molecule has 0 aliphatic heterocycles. The zero-order chi connectivity index (χ0) is 14.8. The molecule has 6 heteroatoms. The summed E-state index contributed by atoms with van der Waals surface area (Å²) in [5.41, 5.74) is 13.1. The van der Waals surface area contributed by atoms with E-state index >= 15 is 0 Å². The third kappa shape index (κ3) is 6.12. The molecule has 0 bridgehead atoms. The number of hydrogen-bond donors (Lipinski definition) is 4. The van der Waals surface area contributed by atoms with Crippen molar-refractivity contribution in [3.63, 3.8) is 0 Å². The van der Waals surface area contributed by atoms with Gasteiger partial charge in [0, 0.05) is 25.5 Å². The Morgan fingerprint density at radius 3 is 1.45 bits per heavy atom. The molecule has 0 fully saturated rings. The second-order valence-corrected chi connectivity index (χ2v) is 4.24. The van der Waals surface area contributed by atoms with Crippen LogP contribution in [0.2, 0.25) is 0 Å². The molecule has 0 unspecified atom stereocenters.